The van der Waals surface area contributed by atoms with Crippen LogP contribution >= 0.6 is 0 Å². The van der Waals surface area contributed by atoms with E-state index in [-0.39, 0.29) is 26.7 Å². The molecule has 0 amide bonds. The van der Waals surface area contributed by atoms with Crippen LogP contribution in [-0.4, -0.2) is 31.4 Å². The fraction of sp³-hybridized carbons (Fsp3) is 0.800. The van der Waals surface area contributed by atoms with E-state index in [1.54, 1.807) is 7.05 Å². The molecule has 5 N–H and O–H groups in total. The van der Waals surface area contributed by atoms with E-state index in [0.717, 1.165) is 6.42 Å². The second-order valence-corrected chi connectivity index (χ2v) is 2.89. The van der Waals surface area contributed by atoms with E-state index in [1.165, 1.54) is 6.92 Å². The van der Waals surface area contributed by atoms with Crippen molar-refractivity contribution in [1.82, 2.24) is 5.32 Å². The summed E-state index contributed by atoms with van der Waals surface area (Å²) in [6.45, 7) is 2.20. The quantitative estimate of drug-likeness (QED) is 0.355. The first kappa shape index (κ1) is 19.5. The fourth-order valence-electron chi connectivity index (χ4n) is 0.821. The highest BCUT2D eigenvalue weighted by Gasteiger charge is 2.06. The predicted molar refractivity (Wildman–Crippen MR) is 66.9 cm³/mol. The van der Waals surface area contributed by atoms with Crippen LogP contribution in [0.4, 0.5) is 0 Å². The van der Waals surface area contributed by atoms with E-state index < -0.39 is 0 Å². The number of nitrogens with zero attached hydrogens (tertiary/aromatic N) is 1. The molecule has 5 nitrogen and oxygen atoms in total. The maximum Gasteiger partial charge on any atom is 0.188 e. The van der Waals surface area contributed by atoms with Crippen molar-refractivity contribution in [3.8, 4) is 0 Å². The molecule has 92 valence electrons. The van der Waals surface area contributed by atoms with Gasteiger partial charge in [-0.1, -0.05) is 14.9 Å². The highest BCUT2D eigenvalue weighted by atomic mass is 16.1. The van der Waals surface area contributed by atoms with Gasteiger partial charge < -0.3 is 16.8 Å². The number of guanidine groups is 1. The molecule has 0 radical (unpaired) electrons. The molecule has 0 aromatic rings. The third-order valence-electron chi connectivity index (χ3n) is 1.76. The van der Waals surface area contributed by atoms with Gasteiger partial charge in [0.1, 0.15) is 5.78 Å². The Morgan fingerprint density at radius 2 is 2.00 bits per heavy atom. The number of Topliss-reactive ketones (excluding diaryl/α,β-unsaturated/α-hetero) is 1. The van der Waals surface area contributed by atoms with E-state index in [0.29, 0.717) is 18.9 Å². The second kappa shape index (κ2) is 11.0. The third-order valence-corrected chi connectivity index (χ3v) is 1.76. The molecule has 0 saturated heterocycles. The first-order valence-corrected chi connectivity index (χ1v) is 4.30. The smallest absolute Gasteiger partial charge is 0.188 e. The number of carbonyl (C=O) groups is 1. The highest BCUT2D eigenvalue weighted by molar-refractivity contribution is 5.81. The zero-order valence-corrected chi connectivity index (χ0v) is 8.21. The van der Waals surface area contributed by atoms with Crippen LogP contribution in [0.2, 0.25) is 0 Å². The molecule has 15 heavy (non-hydrogen) atoms. The average Bonchev–Trinajstić information content (AvgIpc) is 2.11. The molecule has 5 heteroatoms. The lowest BCUT2D eigenvalue weighted by atomic mass is 10.1. The van der Waals surface area contributed by atoms with Crippen LogP contribution in [-0.2, 0) is 4.79 Å². The van der Waals surface area contributed by atoms with Gasteiger partial charge in [-0.3, -0.25) is 9.79 Å². The molecule has 0 rings (SSSR count). The molecular weight excluding hydrogens is 192 g/mol. The molecule has 0 aliphatic rings. The van der Waals surface area contributed by atoms with Crippen molar-refractivity contribution >= 4 is 11.7 Å². The Morgan fingerprint density at radius 1 is 1.47 bits per heavy atom. The van der Waals surface area contributed by atoms with E-state index >= 15 is 0 Å². The average molecular weight is 218 g/mol. The third kappa shape index (κ3) is 10.8. The summed E-state index contributed by atoms with van der Waals surface area (Å²) in [5.74, 6) is 0.438. The first-order chi connectivity index (χ1) is 6.07. The number of hydrogen-bond acceptors (Lipinski definition) is 3. The molecule has 0 aliphatic heterocycles. The largest absolute Gasteiger partial charge is 0.370 e. The molecule has 0 aromatic heterocycles. The second-order valence-electron chi connectivity index (χ2n) is 2.89. The maximum atomic E-state index is 10.7. The Balaban J connectivity index is -0.000000720. The predicted octanol–water partition coefficient (Wildman–Crippen LogP) is 0.489. The lowest BCUT2D eigenvalue weighted by molar-refractivity contribution is -0.118. The highest BCUT2D eigenvalue weighted by Crippen LogP contribution is 1.93. The number of aliphatic imine (C=N–C) groups is 1. The van der Waals surface area contributed by atoms with Gasteiger partial charge in [0.2, 0.25) is 0 Å². The van der Waals surface area contributed by atoms with E-state index in [4.69, 9.17) is 11.5 Å². The van der Waals surface area contributed by atoms with Crippen LogP contribution in [0, 0.1) is 0 Å². The zero-order chi connectivity index (χ0) is 10.3. The van der Waals surface area contributed by atoms with E-state index in [2.05, 4.69) is 10.3 Å². The first-order valence-electron chi connectivity index (χ1n) is 4.30. The van der Waals surface area contributed by atoms with Crippen molar-refractivity contribution in [2.45, 2.75) is 40.7 Å². The molecule has 1 unspecified atom stereocenters. The summed E-state index contributed by atoms with van der Waals surface area (Å²) in [7, 11) is 1.61. The van der Waals surface area contributed by atoms with Crippen LogP contribution in [0.1, 0.15) is 34.6 Å². The minimum absolute atomic E-state index is 0. The van der Waals surface area contributed by atoms with Gasteiger partial charge in [-0.2, -0.15) is 0 Å². The van der Waals surface area contributed by atoms with E-state index in [9.17, 15) is 4.79 Å². The van der Waals surface area contributed by atoms with Crippen LogP contribution in [0.25, 0.3) is 0 Å². The number of hydrogen-bond donors (Lipinski definition) is 3. The lowest BCUT2D eigenvalue weighted by Crippen LogP contribution is -2.34. The monoisotopic (exact) mass is 218 g/mol. The number of nitrogens with one attached hydrogen (secondary N) is 1. The molecule has 0 fully saturated rings. The van der Waals surface area contributed by atoms with Crippen molar-refractivity contribution in [2.75, 3.05) is 13.6 Å². The number of rotatable bonds is 5. The maximum absolute atomic E-state index is 10.7. The van der Waals surface area contributed by atoms with Gasteiger partial charge in [0.15, 0.2) is 5.96 Å². The molecule has 0 heterocycles. The van der Waals surface area contributed by atoms with Gasteiger partial charge in [0.25, 0.3) is 0 Å². The zero-order valence-electron chi connectivity index (χ0n) is 8.21. The Kier molecular flexibility index (Phi) is 14.2. The summed E-state index contributed by atoms with van der Waals surface area (Å²) in [5.41, 5.74) is 10.9. The molecule has 1 atom stereocenters. The normalized spacial score (nSPS) is 12.1. The summed E-state index contributed by atoms with van der Waals surface area (Å²) in [5, 5.41) is 2.89. The van der Waals surface area contributed by atoms with Crippen molar-refractivity contribution in [2.24, 2.45) is 16.5 Å². The van der Waals surface area contributed by atoms with Crippen LogP contribution in [0.5, 0.6) is 0 Å². The summed E-state index contributed by atoms with van der Waals surface area (Å²) >= 11 is 0. The minimum Gasteiger partial charge on any atom is -0.370 e. The minimum atomic E-state index is -0.346. The van der Waals surface area contributed by atoms with Crippen LogP contribution < -0.4 is 16.8 Å². The van der Waals surface area contributed by atoms with Gasteiger partial charge in [0.05, 0.1) is 6.04 Å². The van der Waals surface area contributed by atoms with Gasteiger partial charge in [-0.05, 0) is 19.8 Å². The molecule has 0 spiro atoms. The molecule has 0 aliphatic carbocycles. The molecular formula is C10H26N4O. The van der Waals surface area contributed by atoms with Gasteiger partial charge >= 0.3 is 0 Å². The summed E-state index contributed by atoms with van der Waals surface area (Å²) < 4.78 is 0. The Labute approximate surface area is 93.3 Å². The lowest BCUT2D eigenvalue weighted by Gasteiger charge is -2.08. The Hall–Kier alpha value is -1.10. The number of ketones is 1. The Bertz CT molecular complexity index is 192. The fourth-order valence-corrected chi connectivity index (χ4v) is 0.821. The summed E-state index contributed by atoms with van der Waals surface area (Å²) in [6, 6.07) is -0.346. The number of carbonyl (C=O) groups excluding carboxylic acids is 1. The standard InChI is InChI=1S/C8H18N4O.2CH4/c1-6(13)7(9)4-3-5-12-8(10)11-2;;/h7H,3-5,9H2,1-2H3,(H3,10,11,12);2*1H4. The van der Waals surface area contributed by atoms with Crippen LogP contribution in [0.3, 0.4) is 0 Å². The van der Waals surface area contributed by atoms with Crippen molar-refractivity contribution in [3.05, 3.63) is 0 Å². The number of nitrogens with two attached hydrogens (primary N) is 2. The van der Waals surface area contributed by atoms with Gasteiger partial charge in [0, 0.05) is 13.6 Å². The summed E-state index contributed by atoms with van der Waals surface area (Å²) in [6.07, 6.45) is 1.50. The van der Waals surface area contributed by atoms with Gasteiger partial charge in [-0.25, -0.2) is 0 Å². The Morgan fingerprint density at radius 3 is 2.40 bits per heavy atom. The summed E-state index contributed by atoms with van der Waals surface area (Å²) in [4.78, 5) is 14.5. The molecule has 0 bridgehead atoms. The van der Waals surface area contributed by atoms with Crippen molar-refractivity contribution < 1.29 is 4.79 Å². The molecule has 0 aromatic carbocycles. The van der Waals surface area contributed by atoms with E-state index in [1.807, 2.05) is 0 Å². The van der Waals surface area contributed by atoms with Crippen LogP contribution in [0.15, 0.2) is 4.99 Å². The van der Waals surface area contributed by atoms with Crippen molar-refractivity contribution in [3.63, 3.8) is 0 Å². The molecule has 0 saturated carbocycles. The van der Waals surface area contributed by atoms with Gasteiger partial charge in [-0.15, -0.1) is 0 Å². The van der Waals surface area contributed by atoms with Crippen molar-refractivity contribution in [1.29, 1.82) is 0 Å². The topological polar surface area (TPSA) is 93.5 Å². The SMILES string of the molecule is C.C.CN=C(N)NCCCC(N)C(C)=O.